The van der Waals surface area contributed by atoms with Crippen LogP contribution in [0.25, 0.3) is 16.9 Å². The summed E-state index contributed by atoms with van der Waals surface area (Å²) in [5, 5.41) is 4.64. The van der Waals surface area contributed by atoms with Crippen molar-refractivity contribution in [2.24, 2.45) is 0 Å². The average molecular weight is 419 g/mol. The Hall–Kier alpha value is -3.18. The van der Waals surface area contributed by atoms with Crippen molar-refractivity contribution in [3.8, 4) is 22.7 Å². The fourth-order valence-electron chi connectivity index (χ4n) is 2.71. The monoisotopic (exact) mass is 418 g/mol. The van der Waals surface area contributed by atoms with Gasteiger partial charge in [-0.1, -0.05) is 64.5 Å². The van der Waals surface area contributed by atoms with Gasteiger partial charge in [0.2, 0.25) is 0 Å². The topological polar surface area (TPSA) is 44.1 Å². The zero-order chi connectivity index (χ0) is 18.6. The Morgan fingerprint density at radius 2 is 1.48 bits per heavy atom. The second-order valence-corrected chi connectivity index (χ2v) is 6.80. The van der Waals surface area contributed by atoms with Crippen LogP contribution in [0.3, 0.4) is 0 Å². The van der Waals surface area contributed by atoms with Crippen LogP contribution in [-0.4, -0.2) is 15.7 Å². The SMILES string of the molecule is O=C(Oc1ccc(Br)cc1)c1cn(-c2ccccc2)nc1-c1ccccc1. The van der Waals surface area contributed by atoms with Gasteiger partial charge in [0.15, 0.2) is 0 Å². The third-order valence-corrected chi connectivity index (χ3v) is 4.55. The van der Waals surface area contributed by atoms with Crippen LogP contribution in [0.4, 0.5) is 0 Å². The van der Waals surface area contributed by atoms with Gasteiger partial charge in [-0.05, 0) is 36.4 Å². The minimum Gasteiger partial charge on any atom is -0.423 e. The number of esters is 1. The summed E-state index contributed by atoms with van der Waals surface area (Å²) in [5.74, 6) is 0.0352. The van der Waals surface area contributed by atoms with E-state index in [0.717, 1.165) is 15.7 Å². The number of hydrogen-bond donors (Lipinski definition) is 0. The molecule has 3 aromatic carbocycles. The Morgan fingerprint density at radius 1 is 0.852 bits per heavy atom. The summed E-state index contributed by atoms with van der Waals surface area (Å²) in [7, 11) is 0. The molecular weight excluding hydrogens is 404 g/mol. The number of aromatic nitrogens is 2. The maximum absolute atomic E-state index is 12.9. The first-order valence-corrected chi connectivity index (χ1v) is 9.18. The lowest BCUT2D eigenvalue weighted by atomic mass is 10.1. The van der Waals surface area contributed by atoms with E-state index >= 15 is 0 Å². The minimum atomic E-state index is -0.446. The van der Waals surface area contributed by atoms with Gasteiger partial charge in [-0.25, -0.2) is 9.48 Å². The first-order chi connectivity index (χ1) is 13.2. The molecule has 27 heavy (non-hydrogen) atoms. The number of nitrogens with zero attached hydrogens (tertiary/aromatic N) is 2. The van der Waals surface area contributed by atoms with E-state index in [1.165, 1.54) is 0 Å². The molecular formula is C22H15BrN2O2. The Labute approximate surface area is 165 Å². The number of hydrogen-bond acceptors (Lipinski definition) is 3. The van der Waals surface area contributed by atoms with Crippen molar-refractivity contribution >= 4 is 21.9 Å². The van der Waals surface area contributed by atoms with Gasteiger partial charge in [0.05, 0.1) is 5.69 Å². The first-order valence-electron chi connectivity index (χ1n) is 8.39. The van der Waals surface area contributed by atoms with E-state index in [-0.39, 0.29) is 0 Å². The van der Waals surface area contributed by atoms with E-state index in [9.17, 15) is 4.79 Å². The Bertz CT molecular complexity index is 1060. The molecule has 0 amide bonds. The number of carbonyl (C=O) groups excluding carboxylic acids is 1. The maximum Gasteiger partial charge on any atom is 0.347 e. The number of rotatable bonds is 4. The molecule has 1 heterocycles. The largest absolute Gasteiger partial charge is 0.423 e. The highest BCUT2D eigenvalue weighted by Gasteiger charge is 2.20. The number of para-hydroxylation sites is 1. The van der Waals surface area contributed by atoms with Crippen LogP contribution >= 0.6 is 15.9 Å². The number of benzene rings is 3. The van der Waals surface area contributed by atoms with Crippen molar-refractivity contribution < 1.29 is 9.53 Å². The van der Waals surface area contributed by atoms with E-state index in [0.29, 0.717) is 17.0 Å². The summed E-state index contributed by atoms with van der Waals surface area (Å²) in [5.41, 5.74) is 2.72. The fraction of sp³-hybridized carbons (Fsp3) is 0. The van der Waals surface area contributed by atoms with Gasteiger partial charge < -0.3 is 4.74 Å². The molecule has 4 aromatic rings. The zero-order valence-electron chi connectivity index (χ0n) is 14.2. The predicted octanol–water partition coefficient (Wildman–Crippen LogP) is 5.52. The number of carbonyl (C=O) groups is 1. The maximum atomic E-state index is 12.9. The van der Waals surface area contributed by atoms with Crippen molar-refractivity contribution in [1.82, 2.24) is 9.78 Å². The molecule has 0 unspecified atom stereocenters. The van der Waals surface area contributed by atoms with Gasteiger partial charge in [-0.2, -0.15) is 5.10 Å². The van der Waals surface area contributed by atoms with E-state index in [2.05, 4.69) is 21.0 Å². The average Bonchev–Trinajstić information content (AvgIpc) is 3.17. The molecule has 0 aliphatic rings. The quantitative estimate of drug-likeness (QED) is 0.323. The van der Waals surface area contributed by atoms with E-state index in [1.54, 1.807) is 23.0 Å². The molecule has 0 aliphatic heterocycles. The fourth-order valence-corrected chi connectivity index (χ4v) is 2.97. The molecule has 0 aliphatic carbocycles. The van der Waals surface area contributed by atoms with Crippen molar-refractivity contribution in [2.45, 2.75) is 0 Å². The molecule has 0 fully saturated rings. The normalized spacial score (nSPS) is 10.6. The third kappa shape index (κ3) is 3.83. The third-order valence-electron chi connectivity index (χ3n) is 4.03. The highest BCUT2D eigenvalue weighted by molar-refractivity contribution is 9.10. The second kappa shape index (κ2) is 7.60. The van der Waals surface area contributed by atoms with E-state index in [1.807, 2.05) is 72.8 Å². The summed E-state index contributed by atoms with van der Waals surface area (Å²) in [4.78, 5) is 12.9. The Balaban J connectivity index is 1.74. The predicted molar refractivity (Wildman–Crippen MR) is 108 cm³/mol. The van der Waals surface area contributed by atoms with Gasteiger partial charge in [0.1, 0.15) is 17.0 Å². The van der Waals surface area contributed by atoms with Crippen LogP contribution in [0.2, 0.25) is 0 Å². The summed E-state index contributed by atoms with van der Waals surface area (Å²) < 4.78 is 8.17. The molecule has 0 radical (unpaired) electrons. The van der Waals surface area contributed by atoms with Crippen LogP contribution in [0.15, 0.2) is 95.6 Å². The van der Waals surface area contributed by atoms with Crippen molar-refractivity contribution in [3.05, 3.63) is 101 Å². The lowest BCUT2D eigenvalue weighted by Crippen LogP contribution is -2.08. The highest BCUT2D eigenvalue weighted by Crippen LogP contribution is 2.25. The molecule has 5 heteroatoms. The van der Waals surface area contributed by atoms with Crippen LogP contribution in [0, 0.1) is 0 Å². The van der Waals surface area contributed by atoms with Gasteiger partial charge in [0.25, 0.3) is 0 Å². The van der Waals surface area contributed by atoms with Crippen LogP contribution in [0.5, 0.6) is 5.75 Å². The number of halogens is 1. The Morgan fingerprint density at radius 3 is 2.15 bits per heavy atom. The molecule has 4 nitrogen and oxygen atoms in total. The van der Waals surface area contributed by atoms with Crippen molar-refractivity contribution in [2.75, 3.05) is 0 Å². The summed E-state index contributed by atoms with van der Waals surface area (Å²) in [6.45, 7) is 0. The standard InChI is InChI=1S/C22H15BrN2O2/c23-17-11-13-19(14-12-17)27-22(26)20-15-25(18-9-5-2-6-10-18)24-21(20)16-7-3-1-4-8-16/h1-15H. The molecule has 4 rings (SSSR count). The second-order valence-electron chi connectivity index (χ2n) is 5.88. The smallest absolute Gasteiger partial charge is 0.347 e. The highest BCUT2D eigenvalue weighted by atomic mass is 79.9. The Kier molecular flexibility index (Phi) is 4.85. The summed E-state index contributed by atoms with van der Waals surface area (Å²) in [6.07, 6.45) is 1.71. The van der Waals surface area contributed by atoms with Crippen LogP contribution in [-0.2, 0) is 0 Å². The zero-order valence-corrected chi connectivity index (χ0v) is 15.8. The summed E-state index contributed by atoms with van der Waals surface area (Å²) >= 11 is 3.37. The first kappa shape index (κ1) is 17.2. The van der Waals surface area contributed by atoms with Crippen molar-refractivity contribution in [3.63, 3.8) is 0 Å². The molecule has 0 saturated carbocycles. The lowest BCUT2D eigenvalue weighted by Gasteiger charge is -2.04. The van der Waals surface area contributed by atoms with Gasteiger partial charge >= 0.3 is 5.97 Å². The van der Waals surface area contributed by atoms with E-state index in [4.69, 9.17) is 4.74 Å². The minimum absolute atomic E-state index is 0.410. The molecule has 0 atom stereocenters. The molecule has 0 bridgehead atoms. The van der Waals surface area contributed by atoms with Crippen molar-refractivity contribution in [1.29, 1.82) is 0 Å². The molecule has 0 spiro atoms. The molecule has 0 saturated heterocycles. The number of ether oxygens (including phenoxy) is 1. The lowest BCUT2D eigenvalue weighted by molar-refractivity contribution is 0.0735. The van der Waals surface area contributed by atoms with Gasteiger partial charge in [0, 0.05) is 16.2 Å². The van der Waals surface area contributed by atoms with E-state index < -0.39 is 5.97 Å². The van der Waals surface area contributed by atoms with Gasteiger partial charge in [-0.3, -0.25) is 0 Å². The molecule has 132 valence electrons. The van der Waals surface area contributed by atoms with Crippen LogP contribution < -0.4 is 4.74 Å². The molecule has 0 N–H and O–H groups in total. The van der Waals surface area contributed by atoms with Crippen LogP contribution in [0.1, 0.15) is 10.4 Å². The van der Waals surface area contributed by atoms with Gasteiger partial charge in [-0.15, -0.1) is 0 Å². The molecule has 1 aromatic heterocycles. The summed E-state index contributed by atoms with van der Waals surface area (Å²) in [6, 6.07) is 26.4.